The third-order valence-corrected chi connectivity index (χ3v) is 3.09. The molecule has 0 fully saturated rings. The van der Waals surface area contributed by atoms with Crippen molar-refractivity contribution in [1.29, 1.82) is 0 Å². The molecule has 0 aromatic heterocycles. The number of hydrogen-bond donors (Lipinski definition) is 0. The van der Waals surface area contributed by atoms with E-state index in [1.165, 1.54) is 11.1 Å². The van der Waals surface area contributed by atoms with Gasteiger partial charge in [0.25, 0.3) is 0 Å². The number of hydrogen-bond acceptors (Lipinski definition) is 4. The first-order chi connectivity index (χ1) is 9.20. The van der Waals surface area contributed by atoms with Crippen LogP contribution in [0.3, 0.4) is 0 Å². The number of carbonyl (C=O) groups is 1. The van der Waals surface area contributed by atoms with Crippen LogP contribution >= 0.6 is 0 Å². The van der Waals surface area contributed by atoms with Gasteiger partial charge in [-0.1, -0.05) is 29.8 Å². The third-order valence-electron chi connectivity index (χ3n) is 3.09. The molecule has 1 aliphatic heterocycles. The van der Waals surface area contributed by atoms with Gasteiger partial charge in [0.15, 0.2) is 6.04 Å². The van der Waals surface area contributed by atoms with Gasteiger partial charge in [0, 0.05) is 7.11 Å². The highest BCUT2D eigenvalue weighted by atomic mass is 16.6. The van der Waals surface area contributed by atoms with E-state index in [0.29, 0.717) is 13.2 Å². The zero-order valence-electron chi connectivity index (χ0n) is 11.4. The van der Waals surface area contributed by atoms with Crippen LogP contribution < -0.4 is 0 Å². The minimum atomic E-state index is -0.331. The molecule has 1 aromatic rings. The molecule has 19 heavy (non-hydrogen) atoms. The van der Waals surface area contributed by atoms with Gasteiger partial charge in [-0.05, 0) is 25.3 Å². The van der Waals surface area contributed by atoms with E-state index in [-0.39, 0.29) is 12.0 Å². The van der Waals surface area contributed by atoms with Crippen molar-refractivity contribution < 1.29 is 14.3 Å². The summed E-state index contributed by atoms with van der Waals surface area (Å²) in [6.07, 6.45) is 1.74. The van der Waals surface area contributed by atoms with Crippen LogP contribution in [0.2, 0.25) is 0 Å². The van der Waals surface area contributed by atoms with Gasteiger partial charge in [-0.3, -0.25) is 4.99 Å². The quantitative estimate of drug-likeness (QED) is 0.556. The molecule has 2 rings (SSSR count). The van der Waals surface area contributed by atoms with Crippen LogP contribution in [0.1, 0.15) is 17.5 Å². The summed E-state index contributed by atoms with van der Waals surface area (Å²) < 4.78 is 9.85. The van der Waals surface area contributed by atoms with Crippen LogP contribution in [0.5, 0.6) is 0 Å². The summed E-state index contributed by atoms with van der Waals surface area (Å²) in [7, 11) is 1.58. The van der Waals surface area contributed by atoms with E-state index in [4.69, 9.17) is 9.47 Å². The van der Waals surface area contributed by atoms with Crippen LogP contribution in [-0.2, 0) is 20.7 Å². The van der Waals surface area contributed by atoms with Gasteiger partial charge in [0.2, 0.25) is 0 Å². The van der Waals surface area contributed by atoms with E-state index in [0.717, 1.165) is 18.6 Å². The Balaban J connectivity index is 1.67. The fraction of sp³-hybridized carbons (Fsp3) is 0.467. The fourth-order valence-corrected chi connectivity index (χ4v) is 1.85. The second-order valence-electron chi connectivity index (χ2n) is 4.67. The van der Waals surface area contributed by atoms with Crippen molar-refractivity contribution in [1.82, 2.24) is 0 Å². The Morgan fingerprint density at radius 3 is 2.63 bits per heavy atom. The van der Waals surface area contributed by atoms with Gasteiger partial charge < -0.3 is 9.47 Å². The van der Waals surface area contributed by atoms with Crippen molar-refractivity contribution >= 4 is 11.7 Å². The average molecular weight is 261 g/mol. The van der Waals surface area contributed by atoms with Gasteiger partial charge in [-0.15, -0.1) is 0 Å². The number of aryl methyl sites for hydroxylation is 2. The smallest absolute Gasteiger partial charge is 0.336 e. The number of nitrogens with zero attached hydrogens (tertiary/aromatic N) is 1. The minimum absolute atomic E-state index is 0.254. The van der Waals surface area contributed by atoms with Crippen molar-refractivity contribution in [3.05, 3.63) is 35.4 Å². The normalized spacial score (nSPS) is 16.9. The SMILES string of the molecule is COCCOC(=O)C1N=C1CCc1ccc(C)cc1. The summed E-state index contributed by atoms with van der Waals surface area (Å²) in [5.74, 6) is -0.254. The molecule has 0 amide bonds. The molecule has 0 radical (unpaired) electrons. The maximum absolute atomic E-state index is 11.6. The number of carbonyl (C=O) groups excluding carboxylic acids is 1. The molecule has 0 N–H and O–H groups in total. The molecule has 1 aliphatic rings. The monoisotopic (exact) mass is 261 g/mol. The minimum Gasteiger partial charge on any atom is -0.461 e. The Kier molecular flexibility index (Phi) is 4.68. The van der Waals surface area contributed by atoms with Crippen molar-refractivity contribution in [2.45, 2.75) is 25.8 Å². The molecular weight excluding hydrogens is 242 g/mol. The second-order valence-corrected chi connectivity index (χ2v) is 4.67. The predicted molar refractivity (Wildman–Crippen MR) is 73.6 cm³/mol. The van der Waals surface area contributed by atoms with Crippen LogP contribution in [0.25, 0.3) is 0 Å². The van der Waals surface area contributed by atoms with Crippen LogP contribution in [0.4, 0.5) is 0 Å². The lowest BCUT2D eigenvalue weighted by Gasteiger charge is -2.02. The Morgan fingerprint density at radius 2 is 1.95 bits per heavy atom. The number of aliphatic imine (C=N–C) groups is 1. The highest BCUT2D eigenvalue weighted by molar-refractivity contribution is 6.16. The zero-order valence-corrected chi connectivity index (χ0v) is 11.4. The predicted octanol–water partition coefficient (Wildman–Crippen LogP) is 1.94. The molecule has 4 nitrogen and oxygen atoms in total. The Morgan fingerprint density at radius 1 is 1.21 bits per heavy atom. The largest absolute Gasteiger partial charge is 0.461 e. The van der Waals surface area contributed by atoms with E-state index in [9.17, 15) is 4.79 Å². The van der Waals surface area contributed by atoms with E-state index in [2.05, 4.69) is 36.2 Å². The molecule has 1 unspecified atom stereocenters. The fourth-order valence-electron chi connectivity index (χ4n) is 1.85. The molecule has 0 spiro atoms. The summed E-state index contributed by atoms with van der Waals surface area (Å²) in [5, 5.41) is 0. The van der Waals surface area contributed by atoms with Gasteiger partial charge in [0.05, 0.1) is 12.3 Å². The van der Waals surface area contributed by atoms with E-state index in [1.54, 1.807) is 7.11 Å². The maximum Gasteiger partial charge on any atom is 0.336 e. The van der Waals surface area contributed by atoms with Gasteiger partial charge in [-0.25, -0.2) is 4.79 Å². The molecular formula is C15H19NO3. The van der Waals surface area contributed by atoms with Crippen LogP contribution in [0.15, 0.2) is 29.3 Å². The standard InChI is InChI=1S/C15H19NO3/c1-11-3-5-12(6-4-11)7-8-13-14(16-13)15(17)19-10-9-18-2/h3-6,14H,7-10H2,1-2H3. The number of esters is 1. The third kappa shape index (κ3) is 4.17. The van der Waals surface area contributed by atoms with Crippen LogP contribution in [0, 0.1) is 6.92 Å². The van der Waals surface area contributed by atoms with Crippen molar-refractivity contribution in [2.24, 2.45) is 4.99 Å². The summed E-state index contributed by atoms with van der Waals surface area (Å²) in [6, 6.07) is 8.09. The Hall–Kier alpha value is -1.68. The number of rotatable bonds is 7. The topological polar surface area (TPSA) is 47.9 Å². The summed E-state index contributed by atoms with van der Waals surface area (Å²) >= 11 is 0. The maximum atomic E-state index is 11.6. The Labute approximate surface area is 113 Å². The first-order valence-corrected chi connectivity index (χ1v) is 6.48. The molecule has 4 heteroatoms. The molecule has 1 heterocycles. The molecule has 102 valence electrons. The molecule has 1 aromatic carbocycles. The first-order valence-electron chi connectivity index (χ1n) is 6.48. The zero-order chi connectivity index (χ0) is 13.7. The number of methoxy groups -OCH3 is 1. The number of ether oxygens (including phenoxy) is 2. The first kappa shape index (κ1) is 13.7. The van der Waals surface area contributed by atoms with Gasteiger partial charge in [-0.2, -0.15) is 0 Å². The van der Waals surface area contributed by atoms with E-state index >= 15 is 0 Å². The van der Waals surface area contributed by atoms with Crippen molar-refractivity contribution in [3.8, 4) is 0 Å². The highest BCUT2D eigenvalue weighted by Crippen LogP contribution is 2.19. The van der Waals surface area contributed by atoms with E-state index in [1.807, 2.05) is 0 Å². The summed E-state index contributed by atoms with van der Waals surface area (Å²) in [6.45, 7) is 2.80. The molecule has 0 saturated carbocycles. The number of benzene rings is 1. The van der Waals surface area contributed by atoms with E-state index < -0.39 is 0 Å². The van der Waals surface area contributed by atoms with Gasteiger partial charge in [0.1, 0.15) is 6.61 Å². The Bertz CT molecular complexity index is 465. The molecule has 0 aliphatic carbocycles. The lowest BCUT2D eigenvalue weighted by Crippen LogP contribution is -2.18. The molecule has 0 saturated heterocycles. The summed E-state index contributed by atoms with van der Waals surface area (Å²) in [5.41, 5.74) is 3.47. The van der Waals surface area contributed by atoms with Crippen molar-refractivity contribution in [2.75, 3.05) is 20.3 Å². The van der Waals surface area contributed by atoms with Crippen LogP contribution in [-0.4, -0.2) is 38.0 Å². The second kappa shape index (κ2) is 6.48. The lowest BCUT2D eigenvalue weighted by molar-refractivity contribution is -0.143. The van der Waals surface area contributed by atoms with Crippen molar-refractivity contribution in [3.63, 3.8) is 0 Å². The molecule has 1 atom stereocenters. The average Bonchev–Trinajstić information content (AvgIpc) is 3.18. The van der Waals surface area contributed by atoms with Gasteiger partial charge >= 0.3 is 5.97 Å². The lowest BCUT2D eigenvalue weighted by atomic mass is 10.1. The highest BCUT2D eigenvalue weighted by Gasteiger charge is 2.35. The summed E-state index contributed by atoms with van der Waals surface area (Å²) in [4.78, 5) is 15.7. The molecule has 0 bridgehead atoms.